The van der Waals surface area contributed by atoms with Gasteiger partial charge in [-0.3, -0.25) is 0 Å². The maximum absolute atomic E-state index is 12.6. The zero-order valence-electron chi connectivity index (χ0n) is 16.4. The van der Waals surface area contributed by atoms with Gasteiger partial charge >= 0.3 is 12.3 Å². The molecule has 1 unspecified atom stereocenters. The molecule has 3 aromatic rings. The number of hydrogen-bond acceptors (Lipinski definition) is 3. The summed E-state index contributed by atoms with van der Waals surface area (Å²) in [7, 11) is 0. The fourth-order valence-corrected chi connectivity index (χ4v) is 3.84. The number of alkyl carbamates (subject to hydrolysis) is 1. The lowest BCUT2D eigenvalue weighted by Gasteiger charge is -2.16. The Balaban J connectivity index is 1.34. The molecule has 0 spiro atoms. The summed E-state index contributed by atoms with van der Waals surface area (Å²) in [5, 5.41) is 12.6. The molecule has 7 heteroatoms. The molecule has 0 aromatic heterocycles. The van der Waals surface area contributed by atoms with Crippen molar-refractivity contribution in [1.82, 2.24) is 5.32 Å². The van der Waals surface area contributed by atoms with E-state index in [1.54, 1.807) is 0 Å². The number of benzene rings is 3. The molecule has 0 bridgehead atoms. The van der Waals surface area contributed by atoms with Crippen molar-refractivity contribution in [2.75, 3.05) is 13.2 Å². The van der Waals surface area contributed by atoms with E-state index in [0.717, 1.165) is 34.4 Å². The van der Waals surface area contributed by atoms with Crippen molar-refractivity contribution in [3.05, 3.63) is 95.1 Å². The fraction of sp³-hybridized carbons (Fsp3) is 0.208. The number of halogens is 3. The third-order valence-corrected chi connectivity index (χ3v) is 5.41. The van der Waals surface area contributed by atoms with E-state index in [1.165, 1.54) is 12.1 Å². The summed E-state index contributed by atoms with van der Waals surface area (Å²) in [5.74, 6) is -0.0852. The molecule has 1 aliphatic rings. The standard InChI is InChI=1S/C24H20F3NO3/c25-24(26,27)16-11-9-15(10-12-16)22(29)13-28-23(30)31-14-21-19-7-3-1-5-17(19)18-6-2-4-8-20(18)21/h1-12,21-22,29H,13-14H2,(H,28,30). The van der Waals surface area contributed by atoms with Crippen LogP contribution < -0.4 is 5.32 Å². The van der Waals surface area contributed by atoms with E-state index >= 15 is 0 Å². The number of alkyl halides is 3. The first-order valence-corrected chi connectivity index (χ1v) is 9.78. The minimum atomic E-state index is -4.44. The van der Waals surface area contributed by atoms with Gasteiger partial charge in [0.05, 0.1) is 18.2 Å². The van der Waals surface area contributed by atoms with E-state index in [4.69, 9.17) is 4.74 Å². The molecule has 0 fully saturated rings. The van der Waals surface area contributed by atoms with Gasteiger partial charge in [0.15, 0.2) is 0 Å². The Morgan fingerprint density at radius 2 is 1.48 bits per heavy atom. The van der Waals surface area contributed by atoms with Gasteiger partial charge in [-0.05, 0) is 39.9 Å². The van der Waals surface area contributed by atoms with Crippen molar-refractivity contribution in [2.24, 2.45) is 0 Å². The van der Waals surface area contributed by atoms with Gasteiger partial charge in [0.25, 0.3) is 0 Å². The van der Waals surface area contributed by atoms with Crippen LogP contribution in [0.4, 0.5) is 18.0 Å². The van der Waals surface area contributed by atoms with Gasteiger partial charge in [-0.1, -0.05) is 60.7 Å². The minimum Gasteiger partial charge on any atom is -0.449 e. The molecule has 2 N–H and O–H groups in total. The third kappa shape index (κ3) is 4.41. The second kappa shape index (κ2) is 8.43. The highest BCUT2D eigenvalue weighted by Crippen LogP contribution is 2.44. The number of rotatable bonds is 5. The highest BCUT2D eigenvalue weighted by Gasteiger charge is 2.31. The second-order valence-electron chi connectivity index (χ2n) is 7.34. The number of nitrogens with one attached hydrogen (secondary N) is 1. The van der Waals surface area contributed by atoms with Gasteiger partial charge in [0.1, 0.15) is 6.61 Å². The first kappa shape index (κ1) is 20.9. The lowest BCUT2D eigenvalue weighted by atomic mass is 9.98. The predicted molar refractivity (Wildman–Crippen MR) is 109 cm³/mol. The average molecular weight is 427 g/mol. The zero-order valence-corrected chi connectivity index (χ0v) is 16.4. The Morgan fingerprint density at radius 3 is 2.03 bits per heavy atom. The van der Waals surface area contributed by atoms with Crippen LogP contribution in [0.25, 0.3) is 11.1 Å². The van der Waals surface area contributed by atoms with Crippen molar-refractivity contribution in [2.45, 2.75) is 18.2 Å². The number of aliphatic hydroxyl groups excluding tert-OH is 1. The van der Waals surface area contributed by atoms with Crippen LogP contribution in [0.15, 0.2) is 72.8 Å². The van der Waals surface area contributed by atoms with Crippen LogP contribution in [0.3, 0.4) is 0 Å². The maximum Gasteiger partial charge on any atom is 0.416 e. The van der Waals surface area contributed by atoms with Gasteiger partial charge < -0.3 is 15.2 Å². The maximum atomic E-state index is 12.6. The van der Waals surface area contributed by atoms with E-state index < -0.39 is 23.9 Å². The summed E-state index contributed by atoms with van der Waals surface area (Å²) in [6.07, 6.45) is -6.29. The molecule has 0 radical (unpaired) electrons. The molecule has 160 valence electrons. The minimum absolute atomic E-state index is 0.0852. The summed E-state index contributed by atoms with van der Waals surface area (Å²) in [5.41, 5.74) is 3.87. The second-order valence-corrected chi connectivity index (χ2v) is 7.34. The molecule has 0 heterocycles. The monoisotopic (exact) mass is 427 g/mol. The first-order chi connectivity index (χ1) is 14.8. The lowest BCUT2D eigenvalue weighted by molar-refractivity contribution is -0.137. The van der Waals surface area contributed by atoms with E-state index in [-0.39, 0.29) is 24.6 Å². The fourth-order valence-electron chi connectivity index (χ4n) is 3.84. The highest BCUT2D eigenvalue weighted by atomic mass is 19.4. The zero-order chi connectivity index (χ0) is 22.0. The third-order valence-electron chi connectivity index (χ3n) is 5.41. The molecular weight excluding hydrogens is 407 g/mol. The molecule has 0 aliphatic heterocycles. The summed E-state index contributed by atoms with van der Waals surface area (Å²) >= 11 is 0. The number of carbonyl (C=O) groups excluding carboxylic acids is 1. The Labute approximate surface area is 177 Å². The van der Waals surface area contributed by atoms with Crippen LogP contribution in [-0.4, -0.2) is 24.4 Å². The predicted octanol–water partition coefficient (Wildman–Crippen LogP) is 5.28. The lowest BCUT2D eigenvalue weighted by Crippen LogP contribution is -2.30. The SMILES string of the molecule is O=C(NCC(O)c1ccc(C(F)(F)F)cc1)OCC1c2ccccc2-c2ccccc21. The quantitative estimate of drug-likeness (QED) is 0.583. The van der Waals surface area contributed by atoms with Crippen molar-refractivity contribution >= 4 is 6.09 Å². The molecule has 4 nitrogen and oxygen atoms in total. The van der Waals surface area contributed by atoms with Crippen LogP contribution in [0, 0.1) is 0 Å². The summed E-state index contributed by atoms with van der Waals surface area (Å²) in [4.78, 5) is 12.2. The van der Waals surface area contributed by atoms with Gasteiger partial charge in [-0.25, -0.2) is 4.79 Å². The van der Waals surface area contributed by atoms with Gasteiger partial charge in [0.2, 0.25) is 0 Å². The molecule has 1 aliphatic carbocycles. The van der Waals surface area contributed by atoms with Crippen LogP contribution >= 0.6 is 0 Å². The van der Waals surface area contributed by atoms with E-state index in [2.05, 4.69) is 5.32 Å². The molecule has 1 atom stereocenters. The number of fused-ring (bicyclic) bond motifs is 3. The molecule has 4 rings (SSSR count). The van der Waals surface area contributed by atoms with Crippen molar-refractivity contribution in [1.29, 1.82) is 0 Å². The van der Waals surface area contributed by atoms with Crippen LogP contribution in [0.1, 0.15) is 34.3 Å². The number of ether oxygens (including phenoxy) is 1. The normalized spacial score (nSPS) is 13.9. The van der Waals surface area contributed by atoms with Crippen LogP contribution in [0.5, 0.6) is 0 Å². The summed E-state index contributed by atoms with van der Waals surface area (Å²) in [6.45, 7) is -0.0434. The Hall–Kier alpha value is -3.32. The molecule has 3 aromatic carbocycles. The van der Waals surface area contributed by atoms with Crippen LogP contribution in [-0.2, 0) is 10.9 Å². The topological polar surface area (TPSA) is 58.6 Å². The number of carbonyl (C=O) groups is 1. The Morgan fingerprint density at radius 1 is 0.935 bits per heavy atom. The molecule has 1 amide bonds. The number of aliphatic hydroxyl groups is 1. The Bertz CT molecular complexity index is 1030. The molecule has 0 saturated heterocycles. The van der Waals surface area contributed by atoms with Crippen molar-refractivity contribution in [3.63, 3.8) is 0 Å². The molecule has 0 saturated carbocycles. The van der Waals surface area contributed by atoms with E-state index in [0.29, 0.717) is 0 Å². The average Bonchev–Trinajstić information content (AvgIpc) is 3.09. The molecular formula is C24H20F3NO3. The summed E-state index contributed by atoms with van der Waals surface area (Å²) in [6, 6.07) is 20.1. The highest BCUT2D eigenvalue weighted by molar-refractivity contribution is 5.79. The summed E-state index contributed by atoms with van der Waals surface area (Å²) < 4.78 is 43.3. The van der Waals surface area contributed by atoms with Gasteiger partial charge in [0, 0.05) is 5.92 Å². The van der Waals surface area contributed by atoms with Crippen LogP contribution in [0.2, 0.25) is 0 Å². The van der Waals surface area contributed by atoms with Crippen molar-refractivity contribution < 1.29 is 27.8 Å². The first-order valence-electron chi connectivity index (χ1n) is 9.78. The smallest absolute Gasteiger partial charge is 0.416 e. The van der Waals surface area contributed by atoms with E-state index in [1.807, 2.05) is 48.5 Å². The Kier molecular flexibility index (Phi) is 5.69. The van der Waals surface area contributed by atoms with Crippen molar-refractivity contribution in [3.8, 4) is 11.1 Å². The van der Waals surface area contributed by atoms with E-state index in [9.17, 15) is 23.1 Å². The van der Waals surface area contributed by atoms with Gasteiger partial charge in [-0.2, -0.15) is 13.2 Å². The largest absolute Gasteiger partial charge is 0.449 e. The number of amides is 1. The molecule has 31 heavy (non-hydrogen) atoms. The number of hydrogen-bond donors (Lipinski definition) is 2. The van der Waals surface area contributed by atoms with Gasteiger partial charge in [-0.15, -0.1) is 0 Å².